The quantitative estimate of drug-likeness (QED) is 0.394. The summed E-state index contributed by atoms with van der Waals surface area (Å²) in [6.45, 7) is 11.6. The molecular weight excluding hydrogens is 322 g/mol. The first kappa shape index (κ1) is 21.5. The number of guanidine groups is 1. The van der Waals surface area contributed by atoms with Crippen LogP contribution >= 0.6 is 0 Å². The van der Waals surface area contributed by atoms with Crippen molar-refractivity contribution in [2.45, 2.75) is 70.8 Å². The summed E-state index contributed by atoms with van der Waals surface area (Å²) < 4.78 is 0. The molecule has 152 valence electrons. The van der Waals surface area contributed by atoms with Crippen LogP contribution in [-0.2, 0) is 0 Å². The van der Waals surface area contributed by atoms with E-state index in [0.29, 0.717) is 5.54 Å². The van der Waals surface area contributed by atoms with Gasteiger partial charge in [0.25, 0.3) is 0 Å². The Morgan fingerprint density at radius 1 is 1.00 bits per heavy atom. The van der Waals surface area contributed by atoms with E-state index in [2.05, 4.69) is 46.3 Å². The van der Waals surface area contributed by atoms with Crippen molar-refractivity contribution in [1.29, 1.82) is 0 Å². The molecule has 5 heteroatoms. The molecule has 2 aliphatic heterocycles. The fourth-order valence-corrected chi connectivity index (χ4v) is 4.36. The Kier molecular flexibility index (Phi) is 9.20. The van der Waals surface area contributed by atoms with Gasteiger partial charge in [0.1, 0.15) is 0 Å². The fraction of sp³-hybridized carbons (Fsp3) is 0.952. The van der Waals surface area contributed by atoms with Gasteiger partial charge in [-0.15, -0.1) is 0 Å². The minimum atomic E-state index is 0.308. The Hall–Kier alpha value is -0.810. The van der Waals surface area contributed by atoms with Crippen LogP contribution in [0.3, 0.4) is 0 Å². The van der Waals surface area contributed by atoms with Crippen LogP contribution in [0.4, 0.5) is 0 Å². The van der Waals surface area contributed by atoms with Gasteiger partial charge in [-0.3, -0.25) is 9.89 Å². The van der Waals surface area contributed by atoms with Crippen LogP contribution in [0.25, 0.3) is 0 Å². The third-order valence-corrected chi connectivity index (χ3v) is 6.25. The monoisotopic (exact) mass is 365 g/mol. The first-order valence-electron chi connectivity index (χ1n) is 10.9. The average Bonchev–Trinajstić information content (AvgIpc) is 2.66. The van der Waals surface area contributed by atoms with Gasteiger partial charge in [0.15, 0.2) is 5.96 Å². The number of rotatable bonds is 8. The summed E-state index contributed by atoms with van der Waals surface area (Å²) in [5, 5.41) is 7.19. The maximum Gasteiger partial charge on any atom is 0.191 e. The lowest BCUT2D eigenvalue weighted by Crippen LogP contribution is -2.62. The van der Waals surface area contributed by atoms with E-state index >= 15 is 0 Å². The van der Waals surface area contributed by atoms with Crippen molar-refractivity contribution in [3.63, 3.8) is 0 Å². The van der Waals surface area contributed by atoms with Crippen molar-refractivity contribution in [2.75, 3.05) is 53.4 Å². The van der Waals surface area contributed by atoms with E-state index in [1.54, 1.807) is 0 Å². The van der Waals surface area contributed by atoms with E-state index in [9.17, 15) is 0 Å². The van der Waals surface area contributed by atoms with E-state index in [4.69, 9.17) is 0 Å². The topological polar surface area (TPSA) is 42.9 Å². The van der Waals surface area contributed by atoms with Gasteiger partial charge >= 0.3 is 0 Å². The number of hydrogen-bond donors (Lipinski definition) is 2. The van der Waals surface area contributed by atoms with E-state index in [1.807, 2.05) is 7.05 Å². The average molecular weight is 366 g/mol. The van der Waals surface area contributed by atoms with Gasteiger partial charge in [-0.1, -0.05) is 33.1 Å². The highest BCUT2D eigenvalue weighted by Gasteiger charge is 2.39. The third kappa shape index (κ3) is 6.73. The summed E-state index contributed by atoms with van der Waals surface area (Å²) in [6, 6.07) is 0. The van der Waals surface area contributed by atoms with Crippen LogP contribution < -0.4 is 10.6 Å². The Bertz CT molecular complexity index is 407. The van der Waals surface area contributed by atoms with Crippen molar-refractivity contribution in [3.8, 4) is 0 Å². The van der Waals surface area contributed by atoms with Crippen molar-refractivity contribution >= 4 is 5.96 Å². The van der Waals surface area contributed by atoms with E-state index in [1.165, 1.54) is 77.5 Å². The first-order valence-corrected chi connectivity index (χ1v) is 10.9. The Labute approximate surface area is 162 Å². The molecule has 0 spiro atoms. The van der Waals surface area contributed by atoms with Crippen LogP contribution in [0.1, 0.15) is 65.2 Å². The van der Waals surface area contributed by atoms with Gasteiger partial charge < -0.3 is 15.5 Å². The van der Waals surface area contributed by atoms with Crippen LogP contribution in [0.5, 0.6) is 0 Å². The Morgan fingerprint density at radius 3 is 2.31 bits per heavy atom. The van der Waals surface area contributed by atoms with Crippen molar-refractivity contribution < 1.29 is 0 Å². The van der Waals surface area contributed by atoms with E-state index in [0.717, 1.165) is 25.0 Å². The lowest BCUT2D eigenvalue weighted by molar-refractivity contribution is 0.0173. The van der Waals surface area contributed by atoms with Gasteiger partial charge in [-0.2, -0.15) is 0 Å². The molecule has 0 radical (unpaired) electrons. The van der Waals surface area contributed by atoms with Crippen LogP contribution in [0.2, 0.25) is 0 Å². The summed E-state index contributed by atoms with van der Waals surface area (Å²) in [5.41, 5.74) is 0.308. The number of likely N-dealkylation sites (tertiary alicyclic amines) is 2. The second-order valence-electron chi connectivity index (χ2n) is 8.82. The number of unbranched alkanes of at least 4 members (excludes halogenated alkanes) is 1. The van der Waals surface area contributed by atoms with Crippen LogP contribution in [0.15, 0.2) is 4.99 Å². The maximum absolute atomic E-state index is 4.46. The molecule has 2 rings (SSSR count). The van der Waals surface area contributed by atoms with Crippen LogP contribution in [0, 0.1) is 5.92 Å². The summed E-state index contributed by atoms with van der Waals surface area (Å²) in [7, 11) is 4.15. The molecule has 0 bridgehead atoms. The number of nitrogens with zero attached hydrogens (tertiary/aromatic N) is 3. The molecule has 0 unspecified atom stereocenters. The molecule has 0 amide bonds. The standard InChI is InChI=1S/C21H43N5/c1-19(2)10-6-7-13-23-20(22-3)24-18-21(11-16-25(4)17-12-21)26-14-8-5-9-15-26/h19H,5-18H2,1-4H3,(H2,22,23,24). The number of hydrogen-bond acceptors (Lipinski definition) is 3. The highest BCUT2D eigenvalue weighted by molar-refractivity contribution is 5.79. The van der Waals surface area contributed by atoms with Crippen molar-refractivity contribution in [1.82, 2.24) is 20.4 Å². The lowest BCUT2D eigenvalue weighted by atomic mass is 9.84. The van der Waals surface area contributed by atoms with Crippen molar-refractivity contribution in [2.24, 2.45) is 10.9 Å². The van der Waals surface area contributed by atoms with Gasteiger partial charge in [0, 0.05) is 25.7 Å². The van der Waals surface area contributed by atoms with Gasteiger partial charge in [-0.05, 0) is 71.2 Å². The highest BCUT2D eigenvalue weighted by Crippen LogP contribution is 2.30. The number of piperidine rings is 2. The molecule has 2 heterocycles. The number of nitrogens with one attached hydrogen (secondary N) is 2. The Balaban J connectivity index is 1.82. The first-order chi connectivity index (χ1) is 12.6. The molecule has 0 saturated carbocycles. The largest absolute Gasteiger partial charge is 0.356 e. The maximum atomic E-state index is 4.46. The molecule has 2 aliphatic rings. The highest BCUT2D eigenvalue weighted by atomic mass is 15.3. The molecule has 0 aromatic carbocycles. The lowest BCUT2D eigenvalue weighted by Gasteiger charge is -2.50. The SMILES string of the molecule is CN=C(NCCCCC(C)C)NCC1(N2CCCCC2)CCN(C)CC1. The molecular formula is C21H43N5. The summed E-state index contributed by atoms with van der Waals surface area (Å²) in [5.74, 6) is 1.78. The van der Waals surface area contributed by atoms with E-state index < -0.39 is 0 Å². The molecule has 0 atom stereocenters. The zero-order valence-electron chi connectivity index (χ0n) is 17.8. The second-order valence-corrected chi connectivity index (χ2v) is 8.82. The minimum absolute atomic E-state index is 0.308. The van der Waals surface area contributed by atoms with Gasteiger partial charge in [0.2, 0.25) is 0 Å². The number of aliphatic imine (C=N–C) groups is 1. The minimum Gasteiger partial charge on any atom is -0.356 e. The molecule has 2 fully saturated rings. The van der Waals surface area contributed by atoms with Crippen LogP contribution in [-0.4, -0.2) is 74.7 Å². The van der Waals surface area contributed by atoms with Gasteiger partial charge in [0.05, 0.1) is 0 Å². The predicted octanol–water partition coefficient (Wildman–Crippen LogP) is 2.93. The second kappa shape index (κ2) is 11.1. The summed E-state index contributed by atoms with van der Waals surface area (Å²) in [4.78, 5) is 9.72. The van der Waals surface area contributed by atoms with Crippen molar-refractivity contribution in [3.05, 3.63) is 0 Å². The molecule has 0 aliphatic carbocycles. The van der Waals surface area contributed by atoms with Gasteiger partial charge in [-0.25, -0.2) is 0 Å². The zero-order valence-corrected chi connectivity index (χ0v) is 17.8. The molecule has 0 aromatic rings. The molecule has 2 N–H and O–H groups in total. The molecule has 2 saturated heterocycles. The molecule has 0 aromatic heterocycles. The summed E-state index contributed by atoms with van der Waals surface area (Å²) >= 11 is 0. The third-order valence-electron chi connectivity index (χ3n) is 6.25. The van der Waals surface area contributed by atoms with E-state index in [-0.39, 0.29) is 0 Å². The normalized spacial score (nSPS) is 22.6. The zero-order chi connectivity index (χ0) is 18.8. The Morgan fingerprint density at radius 2 is 1.69 bits per heavy atom. The molecule has 26 heavy (non-hydrogen) atoms. The predicted molar refractivity (Wildman–Crippen MR) is 113 cm³/mol. The fourth-order valence-electron chi connectivity index (χ4n) is 4.36. The molecule has 5 nitrogen and oxygen atoms in total. The smallest absolute Gasteiger partial charge is 0.191 e. The summed E-state index contributed by atoms with van der Waals surface area (Å²) in [6.07, 6.45) is 10.5.